The quantitative estimate of drug-likeness (QED) is 0.870. The summed E-state index contributed by atoms with van der Waals surface area (Å²) in [6.07, 6.45) is 4.32. The second kappa shape index (κ2) is 5.02. The van der Waals surface area contributed by atoms with Crippen molar-refractivity contribution in [3.05, 3.63) is 34.9 Å². The summed E-state index contributed by atoms with van der Waals surface area (Å²) in [4.78, 5) is 12.0. The monoisotopic (exact) mass is 235 g/mol. The molecule has 2 nitrogen and oxygen atoms in total. The van der Waals surface area contributed by atoms with Gasteiger partial charge in [-0.1, -0.05) is 30.0 Å². The maximum Gasteiger partial charge on any atom is 0.219 e. The smallest absolute Gasteiger partial charge is 0.219 e. The maximum atomic E-state index is 12.0. The molecule has 1 fully saturated rings. The fourth-order valence-electron chi connectivity index (χ4n) is 2.04. The lowest BCUT2D eigenvalue weighted by Crippen LogP contribution is -2.11. The number of nitrogens with one attached hydrogen (secondary N) is 1. The van der Waals surface area contributed by atoms with Crippen LogP contribution in [0.1, 0.15) is 40.2 Å². The molecule has 16 heavy (non-hydrogen) atoms. The van der Waals surface area contributed by atoms with E-state index < -0.39 is 0 Å². The van der Waals surface area contributed by atoms with Crippen molar-refractivity contribution < 1.29 is 4.79 Å². The number of hydrogen-bond acceptors (Lipinski definition) is 3. The van der Waals surface area contributed by atoms with E-state index in [-0.39, 0.29) is 5.12 Å². The first-order valence-electron chi connectivity index (χ1n) is 5.62. The molecule has 0 saturated heterocycles. The van der Waals surface area contributed by atoms with E-state index in [2.05, 4.69) is 17.4 Å². The summed E-state index contributed by atoms with van der Waals surface area (Å²) >= 11 is 1.31. The zero-order valence-electron chi connectivity index (χ0n) is 9.75. The number of carbonyl (C=O) groups is 1. The minimum atomic E-state index is 0.202. The van der Waals surface area contributed by atoms with Gasteiger partial charge in [-0.25, -0.2) is 0 Å². The highest BCUT2D eigenvalue weighted by atomic mass is 32.2. The Hall–Kier alpha value is -0.800. The molecule has 0 heterocycles. The predicted molar refractivity (Wildman–Crippen MR) is 69.0 cm³/mol. The third-order valence-corrected chi connectivity index (χ3v) is 3.53. The molecule has 0 spiro atoms. The van der Waals surface area contributed by atoms with Crippen molar-refractivity contribution in [3.63, 3.8) is 0 Å². The Morgan fingerprint density at radius 2 is 2.25 bits per heavy atom. The van der Waals surface area contributed by atoms with Gasteiger partial charge in [0, 0.05) is 12.1 Å². The lowest BCUT2D eigenvalue weighted by molar-refractivity contribution is 0.108. The summed E-state index contributed by atoms with van der Waals surface area (Å²) in [6, 6.07) is 6.23. The van der Waals surface area contributed by atoms with Crippen LogP contribution in [0.4, 0.5) is 0 Å². The third kappa shape index (κ3) is 2.30. The van der Waals surface area contributed by atoms with Crippen molar-refractivity contribution in [2.75, 3.05) is 13.3 Å². The fraction of sp³-hybridized carbons (Fsp3) is 0.462. The summed E-state index contributed by atoms with van der Waals surface area (Å²) in [5.74, 6) is 0.628. The second-order valence-corrected chi connectivity index (χ2v) is 4.96. The summed E-state index contributed by atoms with van der Waals surface area (Å²) in [5, 5.41) is 3.33. The molecule has 1 aliphatic carbocycles. The SMILES string of the molecule is CNCc1cccc(C2CC2)c1C(=O)SC. The van der Waals surface area contributed by atoms with E-state index >= 15 is 0 Å². The Bertz CT molecular complexity index is 399. The number of hydrogen-bond donors (Lipinski definition) is 1. The Kier molecular flexibility index (Phi) is 3.66. The van der Waals surface area contributed by atoms with E-state index in [4.69, 9.17) is 0 Å². The first-order chi connectivity index (χ1) is 7.77. The van der Waals surface area contributed by atoms with E-state index in [0.717, 1.165) is 17.7 Å². The molecule has 0 bridgehead atoms. The summed E-state index contributed by atoms with van der Waals surface area (Å²) in [5.41, 5.74) is 3.34. The standard InChI is InChI=1S/C13H17NOS/c1-14-8-10-4-3-5-11(9-6-7-9)12(10)13(15)16-2/h3-5,9,14H,6-8H2,1-2H3. The third-order valence-electron chi connectivity index (χ3n) is 2.96. The molecule has 1 aliphatic rings. The van der Waals surface area contributed by atoms with Gasteiger partial charge in [0.25, 0.3) is 0 Å². The van der Waals surface area contributed by atoms with Crippen molar-refractivity contribution in [1.82, 2.24) is 5.32 Å². The molecule has 0 unspecified atom stereocenters. The second-order valence-electron chi connectivity index (χ2n) is 4.18. The van der Waals surface area contributed by atoms with Gasteiger partial charge in [-0.05, 0) is 43.2 Å². The largest absolute Gasteiger partial charge is 0.316 e. The van der Waals surface area contributed by atoms with E-state index in [1.54, 1.807) is 0 Å². The van der Waals surface area contributed by atoms with Crippen LogP contribution in [-0.4, -0.2) is 18.4 Å². The highest BCUT2D eigenvalue weighted by molar-refractivity contribution is 8.13. The van der Waals surface area contributed by atoms with Crippen molar-refractivity contribution in [1.29, 1.82) is 0 Å². The normalized spacial score (nSPS) is 15.1. The van der Waals surface area contributed by atoms with Gasteiger partial charge in [0.1, 0.15) is 0 Å². The number of thioether (sulfide) groups is 1. The maximum absolute atomic E-state index is 12.0. The van der Waals surface area contributed by atoms with Gasteiger partial charge in [-0.15, -0.1) is 0 Å². The molecule has 0 aromatic heterocycles. The van der Waals surface area contributed by atoms with Gasteiger partial charge < -0.3 is 5.32 Å². The van der Waals surface area contributed by atoms with Gasteiger partial charge >= 0.3 is 0 Å². The Labute approximate surface area is 101 Å². The van der Waals surface area contributed by atoms with Gasteiger partial charge in [0.05, 0.1) is 0 Å². The van der Waals surface area contributed by atoms with Crippen LogP contribution in [0.25, 0.3) is 0 Å². The van der Waals surface area contributed by atoms with E-state index in [1.807, 2.05) is 19.4 Å². The highest BCUT2D eigenvalue weighted by Gasteiger charge is 2.28. The van der Waals surface area contributed by atoms with Crippen LogP contribution in [0, 0.1) is 0 Å². The van der Waals surface area contributed by atoms with Crippen LogP contribution in [0.5, 0.6) is 0 Å². The zero-order valence-corrected chi connectivity index (χ0v) is 10.6. The number of rotatable bonds is 4. The van der Waals surface area contributed by atoms with Gasteiger partial charge in [-0.3, -0.25) is 4.79 Å². The average molecular weight is 235 g/mol. The van der Waals surface area contributed by atoms with Crippen LogP contribution in [0.3, 0.4) is 0 Å². The molecule has 1 N–H and O–H groups in total. The van der Waals surface area contributed by atoms with E-state index in [0.29, 0.717) is 5.92 Å². The molecule has 1 aromatic rings. The Morgan fingerprint density at radius 1 is 1.50 bits per heavy atom. The average Bonchev–Trinajstić information content (AvgIpc) is 3.12. The van der Waals surface area contributed by atoms with Crippen LogP contribution < -0.4 is 5.32 Å². The van der Waals surface area contributed by atoms with Crippen LogP contribution in [0.2, 0.25) is 0 Å². The number of benzene rings is 1. The molecule has 0 aliphatic heterocycles. The minimum Gasteiger partial charge on any atom is -0.316 e. The zero-order chi connectivity index (χ0) is 11.5. The Morgan fingerprint density at radius 3 is 2.81 bits per heavy atom. The summed E-state index contributed by atoms with van der Waals surface area (Å²) < 4.78 is 0. The fourth-order valence-corrected chi connectivity index (χ4v) is 2.50. The number of carbonyl (C=O) groups excluding carboxylic acids is 1. The molecule has 0 atom stereocenters. The van der Waals surface area contributed by atoms with E-state index in [9.17, 15) is 4.79 Å². The molecule has 1 aromatic carbocycles. The lowest BCUT2D eigenvalue weighted by atomic mass is 9.98. The van der Waals surface area contributed by atoms with Crippen LogP contribution >= 0.6 is 11.8 Å². The lowest BCUT2D eigenvalue weighted by Gasteiger charge is -2.12. The molecule has 86 valence electrons. The summed E-state index contributed by atoms with van der Waals surface area (Å²) in [6.45, 7) is 0.766. The summed E-state index contributed by atoms with van der Waals surface area (Å²) in [7, 11) is 1.91. The predicted octanol–water partition coefficient (Wildman–Crippen LogP) is 2.79. The molecule has 2 rings (SSSR count). The van der Waals surface area contributed by atoms with Gasteiger partial charge in [0.2, 0.25) is 5.12 Å². The molecular formula is C13H17NOS. The topological polar surface area (TPSA) is 29.1 Å². The minimum absolute atomic E-state index is 0.202. The Balaban J connectivity index is 2.43. The highest BCUT2D eigenvalue weighted by Crippen LogP contribution is 2.43. The molecule has 0 amide bonds. The van der Waals surface area contributed by atoms with Gasteiger partial charge in [-0.2, -0.15) is 0 Å². The van der Waals surface area contributed by atoms with Gasteiger partial charge in [0.15, 0.2) is 0 Å². The van der Waals surface area contributed by atoms with Crippen molar-refractivity contribution in [3.8, 4) is 0 Å². The first kappa shape index (κ1) is 11.7. The molecule has 3 heteroatoms. The molecule has 0 radical (unpaired) electrons. The van der Waals surface area contributed by atoms with Crippen molar-refractivity contribution in [2.24, 2.45) is 0 Å². The molecular weight excluding hydrogens is 218 g/mol. The van der Waals surface area contributed by atoms with Crippen LogP contribution in [-0.2, 0) is 6.54 Å². The first-order valence-corrected chi connectivity index (χ1v) is 6.85. The van der Waals surface area contributed by atoms with E-state index in [1.165, 1.54) is 30.2 Å². The van der Waals surface area contributed by atoms with Crippen molar-refractivity contribution >= 4 is 16.9 Å². The van der Waals surface area contributed by atoms with Crippen molar-refractivity contribution in [2.45, 2.75) is 25.3 Å². The molecule has 1 saturated carbocycles. The van der Waals surface area contributed by atoms with Crippen LogP contribution in [0.15, 0.2) is 18.2 Å².